The Morgan fingerprint density at radius 3 is 2.12 bits per heavy atom. The topological polar surface area (TPSA) is 62.1 Å². The van der Waals surface area contributed by atoms with E-state index in [2.05, 4.69) is 5.10 Å². The highest BCUT2D eigenvalue weighted by Crippen LogP contribution is 2.54. The number of hydrogen-bond acceptors (Lipinski definition) is 4. The number of halogens is 7. The molecule has 1 aliphatic heterocycles. The van der Waals surface area contributed by atoms with Gasteiger partial charge in [-0.1, -0.05) is 36.4 Å². The zero-order valence-corrected chi connectivity index (χ0v) is 17.8. The molecule has 1 heterocycles. The molecule has 2 aromatic carbocycles. The Bertz CT molecular complexity index is 1080. The summed E-state index contributed by atoms with van der Waals surface area (Å²) in [5, 5.41) is 13.6. The number of nitrogens with zero attached hydrogens (tertiary/aromatic N) is 2. The van der Waals surface area contributed by atoms with Crippen molar-refractivity contribution in [1.29, 1.82) is 0 Å². The molecule has 5 nitrogen and oxygen atoms in total. The van der Waals surface area contributed by atoms with Crippen LogP contribution in [-0.4, -0.2) is 52.1 Å². The summed E-state index contributed by atoms with van der Waals surface area (Å²) in [4.78, 5) is 12.7. The van der Waals surface area contributed by atoms with E-state index in [1.807, 2.05) is 0 Å². The second-order valence-electron chi connectivity index (χ2n) is 7.87. The van der Waals surface area contributed by atoms with Crippen molar-refractivity contribution in [3.63, 3.8) is 0 Å². The van der Waals surface area contributed by atoms with Gasteiger partial charge in [0.25, 0.3) is 5.91 Å². The molecule has 12 heteroatoms. The first-order chi connectivity index (χ1) is 15.6. The van der Waals surface area contributed by atoms with Crippen LogP contribution in [0.3, 0.4) is 0 Å². The number of amides is 1. The van der Waals surface area contributed by atoms with Crippen LogP contribution in [-0.2, 0) is 4.79 Å². The highest BCUT2D eigenvalue weighted by Gasteiger charge is 2.82. The molecule has 0 saturated heterocycles. The summed E-state index contributed by atoms with van der Waals surface area (Å²) >= 11 is 0. The number of aryl methyl sites for hydroxylation is 2. The summed E-state index contributed by atoms with van der Waals surface area (Å²) in [5.74, 6) is -14.3. The third-order valence-electron chi connectivity index (χ3n) is 5.14. The van der Waals surface area contributed by atoms with E-state index in [1.165, 1.54) is 42.5 Å². The molecule has 3 rings (SSSR count). The van der Waals surface area contributed by atoms with Crippen LogP contribution in [0.4, 0.5) is 30.7 Å². The first kappa shape index (κ1) is 25.5. The van der Waals surface area contributed by atoms with E-state index in [4.69, 9.17) is 4.74 Å². The molecule has 2 aromatic rings. The van der Waals surface area contributed by atoms with Crippen LogP contribution in [0.2, 0.25) is 0 Å². The second kappa shape index (κ2) is 8.57. The van der Waals surface area contributed by atoms with E-state index in [1.54, 1.807) is 19.9 Å². The Labute approximate surface area is 189 Å². The Morgan fingerprint density at radius 2 is 1.59 bits per heavy atom. The highest BCUT2D eigenvalue weighted by molar-refractivity contribution is 6.03. The van der Waals surface area contributed by atoms with E-state index in [0.717, 1.165) is 11.1 Å². The Balaban J connectivity index is 1.99. The minimum Gasteiger partial charge on any atom is -0.484 e. The molecule has 1 amide bonds. The van der Waals surface area contributed by atoms with E-state index in [9.17, 15) is 40.6 Å². The van der Waals surface area contributed by atoms with Crippen molar-refractivity contribution in [2.24, 2.45) is 5.10 Å². The lowest BCUT2D eigenvalue weighted by Crippen LogP contribution is -2.69. The molecular formula is C22H19F7N2O3. The van der Waals surface area contributed by atoms with Crippen LogP contribution in [0.5, 0.6) is 5.75 Å². The van der Waals surface area contributed by atoms with E-state index in [0.29, 0.717) is 0 Å². The largest absolute Gasteiger partial charge is 0.484 e. The molecule has 0 fully saturated rings. The van der Waals surface area contributed by atoms with Gasteiger partial charge in [-0.05, 0) is 42.7 Å². The zero-order valence-electron chi connectivity index (χ0n) is 17.8. The molecule has 0 saturated carbocycles. The average Bonchev–Trinajstić information content (AvgIpc) is 3.10. The predicted octanol–water partition coefficient (Wildman–Crippen LogP) is 4.84. The maximum Gasteiger partial charge on any atom is 0.460 e. The van der Waals surface area contributed by atoms with Crippen LogP contribution in [0, 0.1) is 13.8 Å². The smallest absolute Gasteiger partial charge is 0.460 e. The maximum atomic E-state index is 14.7. The van der Waals surface area contributed by atoms with Gasteiger partial charge in [-0.15, -0.1) is 0 Å². The second-order valence-corrected chi connectivity index (χ2v) is 7.87. The number of carbonyl (C=O) groups excluding carboxylic acids is 1. The molecule has 0 radical (unpaired) electrons. The summed E-state index contributed by atoms with van der Waals surface area (Å²) in [5.41, 5.74) is -3.32. The fourth-order valence-corrected chi connectivity index (χ4v) is 3.50. The van der Waals surface area contributed by atoms with Crippen LogP contribution < -0.4 is 4.74 Å². The summed E-state index contributed by atoms with van der Waals surface area (Å²) in [7, 11) is 0. The van der Waals surface area contributed by atoms with Crippen molar-refractivity contribution in [3.05, 3.63) is 65.2 Å². The minimum atomic E-state index is -6.72. The van der Waals surface area contributed by atoms with Crippen LogP contribution in [0.25, 0.3) is 0 Å². The molecule has 0 aliphatic carbocycles. The van der Waals surface area contributed by atoms with Gasteiger partial charge in [0, 0.05) is 6.42 Å². The average molecular weight is 492 g/mol. The number of benzene rings is 2. The highest BCUT2D eigenvalue weighted by atomic mass is 19.4. The van der Waals surface area contributed by atoms with Crippen molar-refractivity contribution in [1.82, 2.24) is 5.01 Å². The number of ether oxygens (including phenoxy) is 1. The molecule has 0 bridgehead atoms. The van der Waals surface area contributed by atoms with Gasteiger partial charge >= 0.3 is 18.0 Å². The SMILES string of the molecule is Cc1cc(C)cc(OCC(=O)N2N=C(c3ccccc3)C[C@@]2(O)C(F)(F)C(F)(F)C(F)(F)F)c1. The van der Waals surface area contributed by atoms with E-state index < -0.39 is 53.4 Å². The van der Waals surface area contributed by atoms with Crippen molar-refractivity contribution < 1.29 is 45.4 Å². The zero-order chi connectivity index (χ0) is 25.5. The molecule has 184 valence electrons. The lowest BCUT2D eigenvalue weighted by atomic mass is 9.91. The van der Waals surface area contributed by atoms with Gasteiger partial charge in [-0.2, -0.15) is 40.8 Å². The Hall–Kier alpha value is -3.15. The number of rotatable bonds is 6. The molecule has 1 aliphatic rings. The van der Waals surface area contributed by atoms with E-state index in [-0.39, 0.29) is 11.3 Å². The molecule has 0 unspecified atom stereocenters. The van der Waals surface area contributed by atoms with Crippen LogP contribution in [0.15, 0.2) is 53.6 Å². The lowest BCUT2D eigenvalue weighted by molar-refractivity contribution is -0.401. The van der Waals surface area contributed by atoms with Gasteiger partial charge in [0.05, 0.1) is 5.71 Å². The maximum absolute atomic E-state index is 14.7. The molecule has 0 aromatic heterocycles. The third-order valence-corrected chi connectivity index (χ3v) is 5.14. The molecule has 0 spiro atoms. The van der Waals surface area contributed by atoms with Crippen LogP contribution >= 0.6 is 0 Å². The number of aliphatic hydroxyl groups is 1. The van der Waals surface area contributed by atoms with Gasteiger partial charge in [-0.3, -0.25) is 4.79 Å². The van der Waals surface area contributed by atoms with Gasteiger partial charge in [0.15, 0.2) is 6.61 Å². The fraction of sp³-hybridized carbons (Fsp3) is 0.364. The monoisotopic (exact) mass is 492 g/mol. The lowest BCUT2D eigenvalue weighted by Gasteiger charge is -2.41. The number of hydrazone groups is 1. The van der Waals surface area contributed by atoms with Gasteiger partial charge in [0.2, 0.25) is 5.72 Å². The molecule has 1 N–H and O–H groups in total. The first-order valence-corrected chi connectivity index (χ1v) is 9.82. The summed E-state index contributed by atoms with van der Waals surface area (Å²) in [6, 6.07) is 11.7. The summed E-state index contributed by atoms with van der Waals surface area (Å²) < 4.78 is 101. The standard InChI is InChI=1S/C22H19F7N2O3/c1-13-8-14(2)10-16(9-13)34-12-18(32)31-19(33,20(23,24)21(25,26)22(27,28)29)11-17(30-31)15-6-4-3-5-7-15/h3-10,33H,11-12H2,1-2H3/t19-/m1/s1. The van der Waals surface area contributed by atoms with Gasteiger partial charge in [0.1, 0.15) is 5.75 Å². The Kier molecular flexibility index (Phi) is 6.42. The summed E-state index contributed by atoms with van der Waals surface area (Å²) in [6.45, 7) is 2.35. The first-order valence-electron chi connectivity index (χ1n) is 9.82. The molecular weight excluding hydrogens is 473 g/mol. The van der Waals surface area contributed by atoms with Crippen molar-refractivity contribution in [2.75, 3.05) is 6.61 Å². The van der Waals surface area contributed by atoms with Gasteiger partial charge < -0.3 is 9.84 Å². The predicted molar refractivity (Wildman–Crippen MR) is 107 cm³/mol. The van der Waals surface area contributed by atoms with E-state index >= 15 is 0 Å². The molecule has 1 atom stereocenters. The van der Waals surface area contributed by atoms with Gasteiger partial charge in [-0.25, -0.2) is 0 Å². The van der Waals surface area contributed by atoms with Crippen LogP contribution in [0.1, 0.15) is 23.1 Å². The van der Waals surface area contributed by atoms with Crippen molar-refractivity contribution in [3.8, 4) is 5.75 Å². The van der Waals surface area contributed by atoms with Crippen molar-refractivity contribution in [2.45, 2.75) is 44.0 Å². The fourth-order valence-electron chi connectivity index (χ4n) is 3.50. The quantitative estimate of drug-likeness (QED) is 0.588. The molecule has 34 heavy (non-hydrogen) atoms. The third kappa shape index (κ3) is 4.33. The van der Waals surface area contributed by atoms with Crippen molar-refractivity contribution >= 4 is 11.6 Å². The number of carbonyl (C=O) groups is 1. The normalized spacial score (nSPS) is 19.2. The minimum absolute atomic E-state index is 0.0394. The number of hydrogen-bond donors (Lipinski definition) is 1. The number of alkyl halides is 7. The Morgan fingerprint density at radius 1 is 1.03 bits per heavy atom. The summed E-state index contributed by atoms with van der Waals surface area (Å²) in [6.07, 6.45) is -8.20.